The second-order valence-corrected chi connectivity index (χ2v) is 4.19. The summed E-state index contributed by atoms with van der Waals surface area (Å²) in [5.41, 5.74) is 0. The van der Waals surface area contributed by atoms with Gasteiger partial charge < -0.3 is 15.3 Å². The van der Waals surface area contributed by atoms with Crippen LogP contribution in [-0.4, -0.2) is 46.9 Å². The van der Waals surface area contributed by atoms with Gasteiger partial charge in [0.15, 0.2) is 0 Å². The van der Waals surface area contributed by atoms with E-state index in [1.54, 1.807) is 13.8 Å². The molecule has 6 nitrogen and oxygen atoms in total. The molecule has 2 unspecified atom stereocenters. The van der Waals surface area contributed by atoms with Crippen molar-refractivity contribution >= 4 is 17.8 Å². The predicted octanol–water partition coefficient (Wildman–Crippen LogP) is -0.166. The molecule has 17 heavy (non-hydrogen) atoms. The first kappa shape index (κ1) is 13.5. The second-order valence-electron chi connectivity index (χ2n) is 4.19. The van der Waals surface area contributed by atoms with Gasteiger partial charge in [0.1, 0.15) is 6.04 Å². The molecule has 2 amide bonds. The smallest absolute Gasteiger partial charge is 0.308 e. The maximum absolute atomic E-state index is 11.7. The number of aliphatic carboxylic acids is 1. The average Bonchev–Trinajstić information content (AvgIpc) is 2.28. The predicted molar refractivity (Wildman–Crippen MR) is 60.2 cm³/mol. The highest BCUT2D eigenvalue weighted by Gasteiger charge is 2.34. The third-order valence-corrected chi connectivity index (χ3v) is 2.99. The van der Waals surface area contributed by atoms with Gasteiger partial charge in [-0.25, -0.2) is 0 Å². The van der Waals surface area contributed by atoms with Gasteiger partial charge in [0, 0.05) is 19.5 Å². The van der Waals surface area contributed by atoms with Crippen LogP contribution in [0.4, 0.5) is 0 Å². The molecule has 1 fully saturated rings. The van der Waals surface area contributed by atoms with E-state index < -0.39 is 17.9 Å². The standard InChI is InChI=1S/C11H18N2O4/c1-3-12-10(15)7(2)13-6-8(11(16)17)4-5-9(13)14/h7-8H,3-6H2,1-2H3,(H,12,15)(H,16,17). The molecule has 0 aromatic heterocycles. The molecule has 0 spiro atoms. The van der Waals surface area contributed by atoms with Crippen LogP contribution in [0, 0.1) is 5.92 Å². The number of nitrogens with zero attached hydrogens (tertiary/aromatic N) is 1. The van der Waals surface area contributed by atoms with Crippen molar-refractivity contribution in [3.8, 4) is 0 Å². The van der Waals surface area contributed by atoms with Crippen LogP contribution in [0.1, 0.15) is 26.7 Å². The Labute approximate surface area is 100.0 Å². The van der Waals surface area contributed by atoms with E-state index in [4.69, 9.17) is 5.11 Å². The second kappa shape index (κ2) is 5.65. The molecule has 1 saturated heterocycles. The van der Waals surface area contributed by atoms with E-state index in [-0.39, 0.29) is 24.8 Å². The zero-order valence-corrected chi connectivity index (χ0v) is 10.1. The zero-order chi connectivity index (χ0) is 13.0. The van der Waals surface area contributed by atoms with Crippen LogP contribution in [-0.2, 0) is 14.4 Å². The maximum atomic E-state index is 11.7. The SMILES string of the molecule is CCNC(=O)C(C)N1CC(C(=O)O)CCC1=O. The van der Waals surface area contributed by atoms with E-state index in [2.05, 4.69) is 5.32 Å². The van der Waals surface area contributed by atoms with Gasteiger partial charge in [-0.05, 0) is 20.3 Å². The molecule has 1 heterocycles. The third-order valence-electron chi connectivity index (χ3n) is 2.99. The number of nitrogens with one attached hydrogen (secondary N) is 1. The number of hydrogen-bond donors (Lipinski definition) is 2. The number of piperidine rings is 1. The zero-order valence-electron chi connectivity index (χ0n) is 10.1. The molecule has 2 atom stereocenters. The van der Waals surface area contributed by atoms with Crippen molar-refractivity contribution in [3.05, 3.63) is 0 Å². The Bertz CT molecular complexity index is 329. The monoisotopic (exact) mass is 242 g/mol. The number of likely N-dealkylation sites (N-methyl/N-ethyl adjacent to an activating group) is 1. The van der Waals surface area contributed by atoms with Crippen molar-refractivity contribution in [2.24, 2.45) is 5.92 Å². The minimum atomic E-state index is -0.911. The number of carboxylic acids is 1. The molecule has 0 aromatic rings. The summed E-state index contributed by atoms with van der Waals surface area (Å²) >= 11 is 0. The van der Waals surface area contributed by atoms with Crippen LogP contribution in [0.5, 0.6) is 0 Å². The average molecular weight is 242 g/mol. The highest BCUT2D eigenvalue weighted by molar-refractivity contribution is 5.88. The Morgan fingerprint density at radius 3 is 2.76 bits per heavy atom. The lowest BCUT2D eigenvalue weighted by atomic mass is 9.96. The summed E-state index contributed by atoms with van der Waals surface area (Å²) in [6, 6.07) is -0.607. The number of carbonyl (C=O) groups is 3. The summed E-state index contributed by atoms with van der Waals surface area (Å²) in [5.74, 6) is -1.87. The van der Waals surface area contributed by atoms with Gasteiger partial charge in [0.2, 0.25) is 11.8 Å². The van der Waals surface area contributed by atoms with Crippen molar-refractivity contribution < 1.29 is 19.5 Å². The normalized spacial score (nSPS) is 22.1. The van der Waals surface area contributed by atoms with Crippen molar-refractivity contribution in [3.63, 3.8) is 0 Å². The lowest BCUT2D eigenvalue weighted by molar-refractivity contribution is -0.151. The molecule has 2 N–H and O–H groups in total. The highest BCUT2D eigenvalue weighted by atomic mass is 16.4. The summed E-state index contributed by atoms with van der Waals surface area (Å²) < 4.78 is 0. The van der Waals surface area contributed by atoms with E-state index in [1.165, 1.54) is 4.90 Å². The van der Waals surface area contributed by atoms with Crippen LogP contribution < -0.4 is 5.32 Å². The number of hydrogen-bond acceptors (Lipinski definition) is 3. The fourth-order valence-corrected chi connectivity index (χ4v) is 1.91. The molecule has 0 aliphatic carbocycles. The van der Waals surface area contributed by atoms with E-state index in [9.17, 15) is 14.4 Å². The number of carboxylic acid groups (broad SMARTS) is 1. The number of carbonyl (C=O) groups excluding carboxylic acids is 2. The largest absolute Gasteiger partial charge is 0.481 e. The van der Waals surface area contributed by atoms with Crippen molar-refractivity contribution in [1.82, 2.24) is 10.2 Å². The molecule has 1 aliphatic rings. The van der Waals surface area contributed by atoms with Crippen LogP contribution in [0.3, 0.4) is 0 Å². The molecule has 0 bridgehead atoms. The van der Waals surface area contributed by atoms with Gasteiger partial charge in [0.05, 0.1) is 5.92 Å². The number of likely N-dealkylation sites (tertiary alicyclic amines) is 1. The lowest BCUT2D eigenvalue weighted by Crippen LogP contribution is -2.52. The Balaban J connectivity index is 2.69. The Morgan fingerprint density at radius 1 is 1.59 bits per heavy atom. The van der Waals surface area contributed by atoms with Crippen molar-refractivity contribution in [1.29, 1.82) is 0 Å². The quantitative estimate of drug-likeness (QED) is 0.717. The van der Waals surface area contributed by atoms with Crippen molar-refractivity contribution in [2.45, 2.75) is 32.7 Å². The fraction of sp³-hybridized carbons (Fsp3) is 0.727. The Hall–Kier alpha value is -1.59. The summed E-state index contributed by atoms with van der Waals surface area (Å²) in [6.45, 7) is 4.02. The van der Waals surface area contributed by atoms with E-state index in [0.717, 1.165) is 0 Å². The maximum Gasteiger partial charge on any atom is 0.308 e. The van der Waals surface area contributed by atoms with E-state index in [1.807, 2.05) is 0 Å². The van der Waals surface area contributed by atoms with Crippen molar-refractivity contribution in [2.75, 3.05) is 13.1 Å². The van der Waals surface area contributed by atoms with E-state index in [0.29, 0.717) is 13.0 Å². The van der Waals surface area contributed by atoms with E-state index >= 15 is 0 Å². The van der Waals surface area contributed by atoms with Gasteiger partial charge >= 0.3 is 5.97 Å². The summed E-state index contributed by atoms with van der Waals surface area (Å²) in [5, 5.41) is 11.6. The van der Waals surface area contributed by atoms with Crippen LogP contribution >= 0.6 is 0 Å². The molecule has 0 radical (unpaired) electrons. The van der Waals surface area contributed by atoms with Gasteiger partial charge in [0.25, 0.3) is 0 Å². The molecular formula is C11H18N2O4. The van der Waals surface area contributed by atoms with Crippen LogP contribution in [0.2, 0.25) is 0 Å². The first-order chi connectivity index (χ1) is 7.97. The first-order valence-electron chi connectivity index (χ1n) is 5.77. The topological polar surface area (TPSA) is 86.7 Å². The number of amides is 2. The highest BCUT2D eigenvalue weighted by Crippen LogP contribution is 2.19. The molecule has 0 saturated carbocycles. The van der Waals surface area contributed by atoms with Crippen LogP contribution in [0.15, 0.2) is 0 Å². The minimum absolute atomic E-state index is 0.118. The molecular weight excluding hydrogens is 224 g/mol. The molecule has 1 aliphatic heterocycles. The molecule has 96 valence electrons. The first-order valence-corrected chi connectivity index (χ1v) is 5.77. The Morgan fingerprint density at radius 2 is 2.24 bits per heavy atom. The molecule has 6 heteroatoms. The van der Waals surface area contributed by atoms with Gasteiger partial charge in [-0.1, -0.05) is 0 Å². The summed E-state index contributed by atoms with van der Waals surface area (Å²) in [6.07, 6.45) is 0.549. The number of rotatable bonds is 4. The Kier molecular flexibility index (Phi) is 4.48. The van der Waals surface area contributed by atoms with Gasteiger partial charge in [-0.2, -0.15) is 0 Å². The third kappa shape index (κ3) is 3.18. The molecule has 1 rings (SSSR count). The minimum Gasteiger partial charge on any atom is -0.481 e. The van der Waals surface area contributed by atoms with Gasteiger partial charge in [-0.15, -0.1) is 0 Å². The fourth-order valence-electron chi connectivity index (χ4n) is 1.91. The summed E-state index contributed by atoms with van der Waals surface area (Å²) in [7, 11) is 0. The van der Waals surface area contributed by atoms with Crippen LogP contribution in [0.25, 0.3) is 0 Å². The van der Waals surface area contributed by atoms with Gasteiger partial charge in [-0.3, -0.25) is 14.4 Å². The molecule has 0 aromatic carbocycles. The lowest BCUT2D eigenvalue weighted by Gasteiger charge is -2.34. The summed E-state index contributed by atoms with van der Waals surface area (Å²) in [4.78, 5) is 35.5.